The third kappa shape index (κ3) is 3.33. The minimum Gasteiger partial charge on any atom is -0.618 e. The third-order valence-electron chi connectivity index (χ3n) is 3.43. The normalized spacial score (nSPS) is 10.3. The van der Waals surface area contributed by atoms with Crippen LogP contribution in [0.1, 0.15) is 10.5 Å². The molecule has 0 atom stereocenters. The van der Waals surface area contributed by atoms with Gasteiger partial charge in [-0.1, -0.05) is 36.4 Å². The number of anilines is 1. The molecule has 24 heavy (non-hydrogen) atoms. The second-order valence-corrected chi connectivity index (χ2v) is 5.06. The highest BCUT2D eigenvalue weighted by Crippen LogP contribution is 2.22. The van der Waals surface area contributed by atoms with Crippen LogP contribution >= 0.6 is 0 Å². The number of rotatable bonds is 4. The monoisotopic (exact) mass is 322 g/mol. The van der Waals surface area contributed by atoms with Crippen molar-refractivity contribution in [2.24, 2.45) is 0 Å². The molecule has 3 rings (SSSR count). The van der Waals surface area contributed by atoms with E-state index in [2.05, 4.69) is 5.32 Å². The standard InChI is InChI=1S/C18H14N2O4/c21-17(12-24-18(22)16-10-3-4-11-20(16)23)19-15-9-5-7-13-6-1-2-8-14(13)15/h1-11H,12H2,(H,19,21). The maximum Gasteiger partial charge on any atom is 0.405 e. The van der Waals surface area contributed by atoms with Crippen LogP contribution in [0.3, 0.4) is 0 Å². The van der Waals surface area contributed by atoms with E-state index in [1.165, 1.54) is 18.3 Å². The van der Waals surface area contributed by atoms with Crippen molar-refractivity contribution in [3.63, 3.8) is 0 Å². The van der Waals surface area contributed by atoms with Crippen LogP contribution in [0.25, 0.3) is 10.8 Å². The van der Waals surface area contributed by atoms with E-state index in [-0.39, 0.29) is 5.69 Å². The van der Waals surface area contributed by atoms with Gasteiger partial charge in [-0.15, -0.1) is 0 Å². The smallest absolute Gasteiger partial charge is 0.405 e. The van der Waals surface area contributed by atoms with Gasteiger partial charge in [0.1, 0.15) is 0 Å². The molecule has 6 heteroatoms. The van der Waals surface area contributed by atoms with Gasteiger partial charge >= 0.3 is 11.7 Å². The molecule has 0 radical (unpaired) electrons. The van der Waals surface area contributed by atoms with E-state index in [1.54, 1.807) is 12.1 Å². The molecule has 0 fully saturated rings. The Hall–Kier alpha value is -3.41. The van der Waals surface area contributed by atoms with Crippen LogP contribution < -0.4 is 10.0 Å². The summed E-state index contributed by atoms with van der Waals surface area (Å²) in [7, 11) is 0. The number of nitrogens with zero attached hydrogens (tertiary/aromatic N) is 1. The lowest BCUT2D eigenvalue weighted by Gasteiger charge is -2.09. The predicted molar refractivity (Wildman–Crippen MR) is 88.3 cm³/mol. The molecular formula is C18H14N2O4. The zero-order valence-corrected chi connectivity index (χ0v) is 12.6. The van der Waals surface area contributed by atoms with Gasteiger partial charge in [0.2, 0.25) is 0 Å². The van der Waals surface area contributed by atoms with Crippen molar-refractivity contribution in [3.8, 4) is 0 Å². The highest BCUT2D eigenvalue weighted by molar-refractivity contribution is 6.03. The van der Waals surface area contributed by atoms with Crippen molar-refractivity contribution in [1.82, 2.24) is 0 Å². The number of carbonyl (C=O) groups is 2. The van der Waals surface area contributed by atoms with Gasteiger partial charge in [0, 0.05) is 23.2 Å². The van der Waals surface area contributed by atoms with E-state index in [0.29, 0.717) is 10.4 Å². The second kappa shape index (κ2) is 6.78. The van der Waals surface area contributed by atoms with Gasteiger partial charge in [-0.2, -0.15) is 4.73 Å². The molecule has 0 spiro atoms. The maximum absolute atomic E-state index is 12.0. The first-order valence-electron chi connectivity index (χ1n) is 7.28. The summed E-state index contributed by atoms with van der Waals surface area (Å²) in [5.74, 6) is -1.33. The molecule has 0 aliphatic carbocycles. The van der Waals surface area contributed by atoms with Gasteiger partial charge in [-0.25, -0.2) is 4.79 Å². The summed E-state index contributed by atoms with van der Waals surface area (Å²) in [6.45, 7) is -0.475. The molecule has 1 N–H and O–H groups in total. The number of hydrogen-bond acceptors (Lipinski definition) is 4. The Morgan fingerprint density at radius 2 is 1.75 bits per heavy atom. The van der Waals surface area contributed by atoms with Crippen molar-refractivity contribution in [3.05, 3.63) is 77.8 Å². The Morgan fingerprint density at radius 3 is 2.58 bits per heavy atom. The fraction of sp³-hybridized carbons (Fsp3) is 0.0556. The number of pyridine rings is 1. The summed E-state index contributed by atoms with van der Waals surface area (Å²) in [6.07, 6.45) is 1.19. The van der Waals surface area contributed by atoms with Gasteiger partial charge in [0.15, 0.2) is 12.8 Å². The number of fused-ring (bicyclic) bond motifs is 1. The number of amides is 1. The summed E-state index contributed by atoms with van der Waals surface area (Å²) >= 11 is 0. The van der Waals surface area contributed by atoms with Crippen LogP contribution in [0.4, 0.5) is 5.69 Å². The van der Waals surface area contributed by atoms with Crippen molar-refractivity contribution >= 4 is 28.3 Å². The van der Waals surface area contributed by atoms with Gasteiger partial charge in [-0.3, -0.25) is 4.79 Å². The lowest BCUT2D eigenvalue weighted by atomic mass is 10.1. The Bertz CT molecular complexity index is 903. The van der Waals surface area contributed by atoms with Crippen molar-refractivity contribution in [2.45, 2.75) is 0 Å². The fourth-order valence-corrected chi connectivity index (χ4v) is 2.31. The van der Waals surface area contributed by atoms with E-state index in [4.69, 9.17) is 4.74 Å². The third-order valence-corrected chi connectivity index (χ3v) is 3.43. The molecule has 0 unspecified atom stereocenters. The van der Waals surface area contributed by atoms with Gasteiger partial charge in [0.25, 0.3) is 5.91 Å². The lowest BCUT2D eigenvalue weighted by Crippen LogP contribution is -2.35. The van der Waals surface area contributed by atoms with E-state index in [1.807, 2.05) is 36.4 Å². The van der Waals surface area contributed by atoms with Crippen LogP contribution in [0.2, 0.25) is 0 Å². The summed E-state index contributed by atoms with van der Waals surface area (Å²) in [4.78, 5) is 23.8. The van der Waals surface area contributed by atoms with Crippen LogP contribution in [0, 0.1) is 5.21 Å². The zero-order valence-electron chi connectivity index (χ0n) is 12.6. The molecule has 1 aromatic heterocycles. The number of ether oxygens (including phenoxy) is 1. The minimum atomic E-state index is -0.848. The largest absolute Gasteiger partial charge is 0.618 e. The molecule has 0 aliphatic heterocycles. The van der Waals surface area contributed by atoms with Gasteiger partial charge in [-0.05, 0) is 17.5 Å². The minimum absolute atomic E-state index is 0.171. The molecule has 0 saturated carbocycles. The average Bonchev–Trinajstić information content (AvgIpc) is 2.60. The first-order chi connectivity index (χ1) is 11.6. The van der Waals surface area contributed by atoms with E-state index < -0.39 is 18.5 Å². The number of benzene rings is 2. The number of aromatic nitrogens is 1. The second-order valence-electron chi connectivity index (χ2n) is 5.06. The molecule has 2 aromatic carbocycles. The quantitative estimate of drug-likeness (QED) is 0.454. The highest BCUT2D eigenvalue weighted by atomic mass is 16.5. The SMILES string of the molecule is O=C(COC(=O)c1cccc[n+]1[O-])Nc1cccc2ccccc12. The fourth-order valence-electron chi connectivity index (χ4n) is 2.31. The first kappa shape index (κ1) is 15.5. The number of carbonyl (C=O) groups excluding carboxylic acids is 2. The average molecular weight is 322 g/mol. The predicted octanol–water partition coefficient (Wildman–Crippen LogP) is 2.27. The maximum atomic E-state index is 12.0. The van der Waals surface area contributed by atoms with Crippen LogP contribution in [0.15, 0.2) is 66.9 Å². The molecule has 3 aromatic rings. The van der Waals surface area contributed by atoms with Crippen molar-refractivity contribution in [2.75, 3.05) is 11.9 Å². The van der Waals surface area contributed by atoms with Crippen molar-refractivity contribution in [1.29, 1.82) is 0 Å². The Balaban J connectivity index is 1.66. The van der Waals surface area contributed by atoms with E-state index in [0.717, 1.165) is 10.8 Å². The van der Waals surface area contributed by atoms with Crippen molar-refractivity contribution < 1.29 is 19.1 Å². The number of nitrogens with one attached hydrogen (secondary N) is 1. The van der Waals surface area contributed by atoms with Crippen LogP contribution in [-0.4, -0.2) is 18.5 Å². The molecule has 0 bridgehead atoms. The summed E-state index contributed by atoms with van der Waals surface area (Å²) in [5.41, 5.74) is 0.461. The van der Waals surface area contributed by atoms with Crippen LogP contribution in [0.5, 0.6) is 0 Å². The molecule has 0 saturated heterocycles. The molecular weight excluding hydrogens is 308 g/mol. The van der Waals surface area contributed by atoms with E-state index >= 15 is 0 Å². The number of esters is 1. The Morgan fingerprint density at radius 1 is 1.00 bits per heavy atom. The lowest BCUT2D eigenvalue weighted by molar-refractivity contribution is -0.608. The zero-order chi connectivity index (χ0) is 16.9. The van der Waals surface area contributed by atoms with Gasteiger partial charge in [0.05, 0.1) is 0 Å². The van der Waals surface area contributed by atoms with Crippen LogP contribution in [-0.2, 0) is 9.53 Å². The van der Waals surface area contributed by atoms with E-state index in [9.17, 15) is 14.8 Å². The van der Waals surface area contributed by atoms with Gasteiger partial charge < -0.3 is 15.3 Å². The Labute approximate surface area is 137 Å². The summed E-state index contributed by atoms with van der Waals surface area (Å²) < 4.78 is 5.28. The Kier molecular flexibility index (Phi) is 4.38. The molecule has 120 valence electrons. The molecule has 6 nitrogen and oxygen atoms in total. The summed E-state index contributed by atoms with van der Waals surface area (Å²) in [6, 6.07) is 17.5. The molecule has 0 aliphatic rings. The topological polar surface area (TPSA) is 82.3 Å². The first-order valence-corrected chi connectivity index (χ1v) is 7.28. The number of hydrogen-bond donors (Lipinski definition) is 1. The molecule has 1 heterocycles. The molecule has 1 amide bonds. The summed E-state index contributed by atoms with van der Waals surface area (Å²) in [5, 5.41) is 16.0. The highest BCUT2D eigenvalue weighted by Gasteiger charge is 2.18.